The lowest BCUT2D eigenvalue weighted by atomic mass is 9.98. The van der Waals surface area contributed by atoms with Crippen LogP contribution in [0, 0.1) is 0 Å². The number of fused-ring (bicyclic) bond motifs is 3. The minimum Gasteiger partial charge on any atom is -0.503 e. The van der Waals surface area contributed by atoms with Crippen molar-refractivity contribution in [3.05, 3.63) is 144 Å². The van der Waals surface area contributed by atoms with Crippen LogP contribution in [-0.2, 0) is 0 Å². The summed E-state index contributed by atoms with van der Waals surface area (Å²) < 4.78 is 26.8. The van der Waals surface area contributed by atoms with Crippen LogP contribution in [0.3, 0.4) is 0 Å². The summed E-state index contributed by atoms with van der Waals surface area (Å²) in [6.45, 7) is 0. The van der Waals surface area contributed by atoms with Crippen LogP contribution < -0.4 is 9.31 Å². The number of rotatable bonds is 6. The summed E-state index contributed by atoms with van der Waals surface area (Å²) in [5, 5.41) is 2.67. The van der Waals surface area contributed by atoms with E-state index < -0.39 is 7.25 Å². The van der Waals surface area contributed by atoms with Crippen molar-refractivity contribution in [3.63, 3.8) is 0 Å². The van der Waals surface area contributed by atoms with Gasteiger partial charge in [-0.3, -0.25) is 0 Å². The van der Waals surface area contributed by atoms with E-state index in [1.54, 1.807) is 0 Å². The molecule has 220 valence electrons. The van der Waals surface area contributed by atoms with Gasteiger partial charge in [-0.2, -0.15) is 0 Å². The topological polar surface area (TPSA) is 87.8 Å². The minimum atomic E-state index is -0.767. The standard InChI is InChI=1S/C35H21BN4O4S2/c1-2-10-22(11-3-1)33(25-18-20-31(37-25)45-34-38-23-12-4-6-14-27(23)41-34)26-19-21-32(46-35-39-24-13-5-7-15-28(24)42-35)40(26)36-43-29-16-8-9-17-30(29)44-36/h1-21H. The smallest absolute Gasteiger partial charge is 0.503 e. The third-order valence-electron chi connectivity index (χ3n) is 7.52. The zero-order chi connectivity index (χ0) is 30.5. The molecule has 0 fully saturated rings. The molecule has 2 aliphatic rings. The number of aromatic nitrogens is 3. The second-order valence-electron chi connectivity index (χ2n) is 10.4. The van der Waals surface area contributed by atoms with E-state index in [2.05, 4.69) is 23.2 Å². The van der Waals surface area contributed by atoms with Crippen molar-refractivity contribution in [3.8, 4) is 11.5 Å². The Kier molecular flexibility index (Phi) is 6.57. The summed E-state index contributed by atoms with van der Waals surface area (Å²) in [6, 6.07) is 37.4. The van der Waals surface area contributed by atoms with Crippen molar-refractivity contribution in [2.45, 2.75) is 15.5 Å². The average molecular weight is 637 g/mol. The maximum Gasteiger partial charge on any atom is 0.743 e. The summed E-state index contributed by atoms with van der Waals surface area (Å²) in [6.07, 6.45) is 4.00. The lowest BCUT2D eigenvalue weighted by molar-refractivity contribution is 0.471. The van der Waals surface area contributed by atoms with E-state index in [4.69, 9.17) is 28.1 Å². The fraction of sp³-hybridized carbons (Fsp3) is 0. The van der Waals surface area contributed by atoms with Crippen molar-refractivity contribution in [1.29, 1.82) is 0 Å². The number of hydrogen-bond acceptors (Lipinski definition) is 9. The molecular weight excluding hydrogens is 615 g/mol. The highest BCUT2D eigenvalue weighted by atomic mass is 32.2. The SMILES string of the molecule is C1=CC(=C(c2ccccc2)c2ccc(Sc3nc4ccccc4o3)n2B2Oc3ccccc3O2)N=C1Sc1nc2ccccc2o1. The van der Waals surface area contributed by atoms with E-state index in [0.29, 0.717) is 21.9 Å². The summed E-state index contributed by atoms with van der Waals surface area (Å²) in [4.78, 5) is 14.4. The molecule has 46 heavy (non-hydrogen) atoms. The van der Waals surface area contributed by atoms with Gasteiger partial charge in [-0.25, -0.2) is 15.0 Å². The van der Waals surface area contributed by atoms with Gasteiger partial charge in [0.15, 0.2) is 11.2 Å². The van der Waals surface area contributed by atoms with Crippen LogP contribution in [0.1, 0.15) is 11.3 Å². The number of benzene rings is 4. The molecule has 4 aromatic carbocycles. The molecule has 0 spiro atoms. The number of aliphatic imine (C=N–C) groups is 1. The molecule has 0 radical (unpaired) electrons. The van der Waals surface area contributed by atoms with E-state index >= 15 is 0 Å². The van der Waals surface area contributed by atoms with Crippen LogP contribution in [-0.4, -0.2) is 26.7 Å². The van der Waals surface area contributed by atoms with Crippen molar-refractivity contribution in [2.24, 2.45) is 4.99 Å². The first-order valence-corrected chi connectivity index (χ1v) is 16.2. The van der Waals surface area contributed by atoms with Crippen LogP contribution in [0.5, 0.6) is 11.5 Å². The van der Waals surface area contributed by atoms with E-state index in [-0.39, 0.29) is 0 Å². The summed E-state index contributed by atoms with van der Waals surface area (Å²) in [5.41, 5.74) is 6.64. The van der Waals surface area contributed by atoms with Gasteiger partial charge in [-0.15, -0.1) is 0 Å². The van der Waals surface area contributed by atoms with Gasteiger partial charge in [0.05, 0.1) is 10.7 Å². The van der Waals surface area contributed by atoms with Crippen LogP contribution in [0.25, 0.3) is 27.8 Å². The third kappa shape index (κ3) is 4.90. The van der Waals surface area contributed by atoms with Crippen molar-refractivity contribution >= 4 is 63.6 Å². The molecule has 0 saturated carbocycles. The van der Waals surface area contributed by atoms with Gasteiger partial charge >= 0.3 is 7.25 Å². The Morgan fingerprint density at radius 3 is 1.89 bits per heavy atom. The lowest BCUT2D eigenvalue weighted by Gasteiger charge is -2.17. The maximum atomic E-state index is 6.38. The number of nitrogens with zero attached hydrogens (tertiary/aromatic N) is 4. The second-order valence-corrected chi connectivity index (χ2v) is 12.4. The first-order valence-electron chi connectivity index (χ1n) is 14.5. The molecule has 5 heterocycles. The van der Waals surface area contributed by atoms with Crippen molar-refractivity contribution in [2.75, 3.05) is 0 Å². The van der Waals surface area contributed by atoms with Crippen molar-refractivity contribution < 1.29 is 18.1 Å². The Balaban J connectivity index is 1.16. The summed E-state index contributed by atoms with van der Waals surface area (Å²) in [7, 11) is -0.767. The number of para-hydroxylation sites is 6. The van der Waals surface area contributed by atoms with Gasteiger partial charge < -0.3 is 22.6 Å². The third-order valence-corrected chi connectivity index (χ3v) is 9.19. The maximum absolute atomic E-state index is 6.38. The normalized spacial score (nSPS) is 14.9. The first-order chi connectivity index (χ1) is 22.7. The molecule has 11 heteroatoms. The number of hydrogen-bond donors (Lipinski definition) is 0. The predicted octanol–water partition coefficient (Wildman–Crippen LogP) is 8.75. The fourth-order valence-corrected chi connectivity index (χ4v) is 7.07. The van der Waals surface area contributed by atoms with E-state index in [0.717, 1.165) is 54.8 Å². The van der Waals surface area contributed by atoms with E-state index in [1.165, 1.54) is 23.5 Å². The Labute approximate surface area is 271 Å². The molecule has 9 rings (SSSR count). The zero-order valence-electron chi connectivity index (χ0n) is 23.9. The van der Waals surface area contributed by atoms with Gasteiger partial charge in [0.1, 0.15) is 27.6 Å². The van der Waals surface area contributed by atoms with Gasteiger partial charge in [0.25, 0.3) is 10.4 Å². The lowest BCUT2D eigenvalue weighted by Crippen LogP contribution is -2.36. The van der Waals surface area contributed by atoms with Gasteiger partial charge in [0.2, 0.25) is 0 Å². The highest BCUT2D eigenvalue weighted by Gasteiger charge is 2.40. The average Bonchev–Trinajstić information content (AvgIpc) is 3.92. The molecule has 0 amide bonds. The molecule has 0 unspecified atom stereocenters. The predicted molar refractivity (Wildman–Crippen MR) is 180 cm³/mol. The monoisotopic (exact) mass is 636 g/mol. The molecule has 0 saturated heterocycles. The Morgan fingerprint density at radius 2 is 1.22 bits per heavy atom. The number of allylic oxidation sites excluding steroid dienone is 1. The molecule has 3 aromatic heterocycles. The molecular formula is C35H21BN4O4S2. The number of oxazole rings is 2. The molecule has 2 aliphatic heterocycles. The van der Waals surface area contributed by atoms with Crippen LogP contribution in [0.15, 0.2) is 162 Å². The molecule has 0 atom stereocenters. The van der Waals surface area contributed by atoms with Gasteiger partial charge in [-0.05, 0) is 89.8 Å². The highest BCUT2D eigenvalue weighted by molar-refractivity contribution is 8.14. The largest absolute Gasteiger partial charge is 0.743 e. The Bertz CT molecular complexity index is 2270. The Hall–Kier alpha value is -5.39. The van der Waals surface area contributed by atoms with Gasteiger partial charge in [0, 0.05) is 11.3 Å². The van der Waals surface area contributed by atoms with Crippen LogP contribution in [0.2, 0.25) is 0 Å². The van der Waals surface area contributed by atoms with Crippen LogP contribution >= 0.6 is 23.5 Å². The van der Waals surface area contributed by atoms with E-state index in [9.17, 15) is 0 Å². The second kappa shape index (κ2) is 11.2. The summed E-state index contributed by atoms with van der Waals surface area (Å²) >= 11 is 2.80. The van der Waals surface area contributed by atoms with Gasteiger partial charge in [-0.1, -0.05) is 66.7 Å². The summed E-state index contributed by atoms with van der Waals surface area (Å²) in [5.74, 6) is 1.35. The quantitative estimate of drug-likeness (QED) is 0.168. The Morgan fingerprint density at radius 1 is 0.609 bits per heavy atom. The van der Waals surface area contributed by atoms with Crippen molar-refractivity contribution in [1.82, 2.24) is 14.4 Å². The fourth-order valence-electron chi connectivity index (χ4n) is 5.47. The molecule has 0 aliphatic carbocycles. The molecule has 0 N–H and O–H groups in total. The minimum absolute atomic E-state index is 0.521. The molecule has 8 nitrogen and oxygen atoms in total. The van der Waals surface area contributed by atoms with E-state index in [1.807, 2.05) is 114 Å². The first kappa shape index (κ1) is 27.0. The highest BCUT2D eigenvalue weighted by Crippen LogP contribution is 2.41. The molecule has 7 aromatic rings. The zero-order valence-corrected chi connectivity index (χ0v) is 25.6. The number of thioether (sulfide) groups is 1. The molecule has 0 bridgehead atoms. The van der Waals surface area contributed by atoms with Crippen LogP contribution in [0.4, 0.5) is 0 Å².